The molecule has 1 fully saturated rings. The van der Waals surface area contributed by atoms with Crippen LogP contribution in [0.1, 0.15) is 33.3 Å². The lowest BCUT2D eigenvalue weighted by Gasteiger charge is -2.27. The first-order valence-corrected chi connectivity index (χ1v) is 12.1. The highest BCUT2D eigenvalue weighted by Crippen LogP contribution is 2.44. The molecule has 32 heavy (non-hydrogen) atoms. The Bertz CT molecular complexity index is 1010. The number of fused-ring (bicyclic) bond motifs is 1. The number of hydrogen-bond donors (Lipinski definition) is 1. The second-order valence-corrected chi connectivity index (χ2v) is 10.9. The zero-order valence-electron chi connectivity index (χ0n) is 19.3. The summed E-state index contributed by atoms with van der Waals surface area (Å²) in [5, 5.41) is 3.52. The van der Waals surface area contributed by atoms with Gasteiger partial charge in [0.2, 0.25) is 5.91 Å². The Hall–Kier alpha value is -2.11. The number of benzene rings is 1. The molecule has 0 bridgehead atoms. The normalized spacial score (nSPS) is 24.8. The smallest absolute Gasteiger partial charge is 0.241 e. The average molecular weight is 454 g/mol. The zero-order chi connectivity index (χ0) is 22.9. The Labute approximate surface area is 194 Å². The first-order valence-electron chi connectivity index (χ1n) is 11.3. The molecule has 0 saturated carbocycles. The van der Waals surface area contributed by atoms with Gasteiger partial charge in [0.25, 0.3) is 0 Å². The van der Waals surface area contributed by atoms with Gasteiger partial charge in [0.15, 0.2) is 0 Å². The summed E-state index contributed by atoms with van der Waals surface area (Å²) < 4.78 is 15.0. The lowest BCUT2D eigenvalue weighted by Crippen LogP contribution is -2.44. The van der Waals surface area contributed by atoms with Crippen LogP contribution in [0.2, 0.25) is 0 Å². The number of rotatable bonds is 4. The molecule has 6 heteroatoms. The van der Waals surface area contributed by atoms with Crippen LogP contribution in [0.4, 0.5) is 10.1 Å². The number of halogens is 1. The molecule has 4 nitrogen and oxygen atoms in total. The van der Waals surface area contributed by atoms with Crippen LogP contribution < -0.4 is 10.2 Å². The lowest BCUT2D eigenvalue weighted by molar-refractivity contribution is -0.119. The van der Waals surface area contributed by atoms with Crippen molar-refractivity contribution in [2.24, 2.45) is 5.92 Å². The molecule has 1 aromatic carbocycles. The van der Waals surface area contributed by atoms with E-state index in [9.17, 15) is 4.79 Å². The van der Waals surface area contributed by atoms with Gasteiger partial charge in [0.05, 0.1) is 16.3 Å². The Morgan fingerprint density at radius 2 is 2.06 bits per heavy atom. The van der Waals surface area contributed by atoms with Gasteiger partial charge in [-0.1, -0.05) is 50.8 Å². The molecule has 2 heterocycles. The van der Waals surface area contributed by atoms with Crippen molar-refractivity contribution in [1.29, 1.82) is 0 Å². The molecular formula is C26H32FN3OS. The van der Waals surface area contributed by atoms with E-state index >= 15 is 4.39 Å². The highest BCUT2D eigenvalue weighted by atomic mass is 32.2. The van der Waals surface area contributed by atoms with Crippen molar-refractivity contribution < 1.29 is 9.18 Å². The molecule has 3 aliphatic rings. The van der Waals surface area contributed by atoms with E-state index in [0.717, 1.165) is 35.8 Å². The molecule has 1 aliphatic carbocycles. The fourth-order valence-electron chi connectivity index (χ4n) is 4.64. The third-order valence-corrected chi connectivity index (χ3v) is 7.22. The van der Waals surface area contributed by atoms with E-state index in [1.165, 1.54) is 11.8 Å². The summed E-state index contributed by atoms with van der Waals surface area (Å²) in [5.41, 5.74) is 4.60. The van der Waals surface area contributed by atoms with Crippen molar-refractivity contribution in [1.82, 2.24) is 10.2 Å². The third kappa shape index (κ3) is 5.10. The Morgan fingerprint density at radius 3 is 2.88 bits per heavy atom. The number of thioether (sulfide) groups is 1. The molecule has 0 radical (unpaired) electrons. The van der Waals surface area contributed by atoms with E-state index < -0.39 is 0 Å². The van der Waals surface area contributed by atoms with Gasteiger partial charge in [-0.15, -0.1) is 5.73 Å². The van der Waals surface area contributed by atoms with Crippen LogP contribution >= 0.6 is 11.8 Å². The van der Waals surface area contributed by atoms with E-state index in [1.54, 1.807) is 6.07 Å². The van der Waals surface area contributed by atoms with Gasteiger partial charge in [-0.3, -0.25) is 9.69 Å². The minimum Gasteiger partial charge on any atom is -0.313 e. The summed E-state index contributed by atoms with van der Waals surface area (Å²) in [7, 11) is 0. The second kappa shape index (κ2) is 9.40. The molecule has 2 aliphatic heterocycles. The fourth-order valence-corrected chi connectivity index (χ4v) is 5.47. The van der Waals surface area contributed by atoms with Gasteiger partial charge in [-0.2, -0.15) is 0 Å². The number of nitrogens with one attached hydrogen (secondary N) is 1. The van der Waals surface area contributed by atoms with E-state index in [4.69, 9.17) is 0 Å². The third-order valence-electron chi connectivity index (χ3n) is 6.21. The van der Waals surface area contributed by atoms with Crippen LogP contribution in [0.25, 0.3) is 0 Å². The molecule has 1 saturated heterocycles. The number of carbonyl (C=O) groups excluding carboxylic acids is 1. The van der Waals surface area contributed by atoms with Crippen LogP contribution in [0, 0.1) is 11.7 Å². The number of carbonyl (C=O) groups is 1. The predicted octanol–water partition coefficient (Wildman–Crippen LogP) is 4.64. The number of nitrogens with zero attached hydrogens (tertiary/aromatic N) is 2. The standard InChI is InChI=1S/C26H32FN3OS/c1-18-13-28-19(2)15-29(14-18)16-25(31)30-17-26(3,4)21-11-22(27)24(12-23(21)30)32-20-9-7-5-6-8-10-20/h5-9,11-12,18-19,28H,13-17H2,1-4H3/t18-,19+/m0/s1. The Kier molecular flexibility index (Phi) is 6.78. The number of allylic oxidation sites excluding steroid dienone is 4. The maximum absolute atomic E-state index is 15.0. The summed E-state index contributed by atoms with van der Waals surface area (Å²) in [6.07, 6.45) is 9.47. The zero-order valence-corrected chi connectivity index (χ0v) is 20.1. The highest BCUT2D eigenvalue weighted by Gasteiger charge is 2.39. The quantitative estimate of drug-likeness (QED) is 0.674. The fraction of sp³-hybridized carbons (Fsp3) is 0.462. The van der Waals surface area contributed by atoms with Gasteiger partial charge < -0.3 is 10.2 Å². The SMILES string of the molecule is C[C@H]1CN[C@H](C)CN(CC(=O)N2CC(C)(C)c3cc(F)c(SC4=C=CC=CC=C4)cc32)C1. The molecule has 1 aromatic rings. The van der Waals surface area contributed by atoms with Crippen molar-refractivity contribution in [2.45, 2.75) is 44.0 Å². The summed E-state index contributed by atoms with van der Waals surface area (Å²) >= 11 is 1.34. The molecule has 1 amide bonds. The minimum absolute atomic E-state index is 0.0818. The molecular weight excluding hydrogens is 421 g/mol. The maximum Gasteiger partial charge on any atom is 0.241 e. The molecule has 0 aromatic heterocycles. The number of anilines is 1. The summed E-state index contributed by atoms with van der Waals surface area (Å²) in [5.74, 6) is 0.325. The summed E-state index contributed by atoms with van der Waals surface area (Å²) in [4.78, 5) is 18.9. The summed E-state index contributed by atoms with van der Waals surface area (Å²) in [6.45, 7) is 12.2. The van der Waals surface area contributed by atoms with Crippen LogP contribution in [-0.4, -0.2) is 49.6 Å². The molecule has 4 rings (SSSR count). The topological polar surface area (TPSA) is 35.6 Å². The van der Waals surface area contributed by atoms with E-state index in [-0.39, 0.29) is 17.1 Å². The highest BCUT2D eigenvalue weighted by molar-refractivity contribution is 8.03. The Morgan fingerprint density at radius 1 is 1.25 bits per heavy atom. The number of amides is 1. The van der Waals surface area contributed by atoms with Crippen LogP contribution in [0.5, 0.6) is 0 Å². The minimum atomic E-state index is -0.290. The average Bonchev–Trinajstić information content (AvgIpc) is 2.93. The first kappa shape index (κ1) is 23.1. The molecule has 170 valence electrons. The van der Waals surface area contributed by atoms with E-state index in [1.807, 2.05) is 41.3 Å². The monoisotopic (exact) mass is 453 g/mol. The largest absolute Gasteiger partial charge is 0.313 e. The van der Waals surface area contributed by atoms with Crippen molar-refractivity contribution in [3.05, 3.63) is 64.5 Å². The maximum atomic E-state index is 15.0. The molecule has 0 spiro atoms. The van der Waals surface area contributed by atoms with Crippen LogP contribution in [0.3, 0.4) is 0 Å². The van der Waals surface area contributed by atoms with Gasteiger partial charge >= 0.3 is 0 Å². The summed E-state index contributed by atoms with van der Waals surface area (Å²) in [6, 6.07) is 3.82. The van der Waals surface area contributed by atoms with Gasteiger partial charge in [0.1, 0.15) is 5.82 Å². The second-order valence-electron chi connectivity index (χ2n) is 9.79. The van der Waals surface area contributed by atoms with Crippen molar-refractivity contribution in [3.8, 4) is 0 Å². The first-order chi connectivity index (χ1) is 15.2. The molecule has 0 unspecified atom stereocenters. The lowest BCUT2D eigenvalue weighted by atomic mass is 9.87. The van der Waals surface area contributed by atoms with E-state index in [0.29, 0.717) is 29.9 Å². The van der Waals surface area contributed by atoms with Gasteiger partial charge in [-0.25, -0.2) is 4.39 Å². The van der Waals surface area contributed by atoms with Crippen LogP contribution in [-0.2, 0) is 10.2 Å². The van der Waals surface area contributed by atoms with Crippen molar-refractivity contribution >= 4 is 23.4 Å². The Balaban J connectivity index is 1.59. The van der Waals surface area contributed by atoms with Gasteiger partial charge in [-0.05, 0) is 49.2 Å². The van der Waals surface area contributed by atoms with Gasteiger partial charge in [0, 0.05) is 36.8 Å². The molecule has 2 atom stereocenters. The van der Waals surface area contributed by atoms with Crippen molar-refractivity contribution in [2.75, 3.05) is 37.6 Å². The van der Waals surface area contributed by atoms with E-state index in [2.05, 4.69) is 43.6 Å². The predicted molar refractivity (Wildman–Crippen MR) is 131 cm³/mol. The van der Waals surface area contributed by atoms with Crippen molar-refractivity contribution in [3.63, 3.8) is 0 Å². The van der Waals surface area contributed by atoms with Crippen LogP contribution in [0.15, 0.2) is 58.0 Å². The molecule has 1 N–H and O–H groups in total. The number of hydrogen-bond acceptors (Lipinski definition) is 4.